The summed E-state index contributed by atoms with van der Waals surface area (Å²) >= 11 is 0. The molecule has 8 heteroatoms. The highest BCUT2D eigenvalue weighted by atomic mass is 16.5. The van der Waals surface area contributed by atoms with E-state index >= 15 is 0 Å². The molecule has 0 bridgehead atoms. The first-order chi connectivity index (χ1) is 14.6. The van der Waals surface area contributed by atoms with Gasteiger partial charge < -0.3 is 20.1 Å². The van der Waals surface area contributed by atoms with Gasteiger partial charge in [-0.05, 0) is 30.2 Å². The zero-order valence-electron chi connectivity index (χ0n) is 18.5. The summed E-state index contributed by atoms with van der Waals surface area (Å²) < 4.78 is 11.0. The summed E-state index contributed by atoms with van der Waals surface area (Å²) in [5.74, 6) is -0.199. The fourth-order valence-electron chi connectivity index (χ4n) is 3.18. The molecular weight excluding hydrogens is 386 g/mol. The van der Waals surface area contributed by atoms with Crippen molar-refractivity contribution in [1.82, 2.24) is 10.2 Å². The number of hydrogen-bond acceptors (Lipinski definition) is 6. The van der Waals surface area contributed by atoms with Gasteiger partial charge in [-0.25, -0.2) is 0 Å². The summed E-state index contributed by atoms with van der Waals surface area (Å²) in [5, 5.41) is 2.30. The second-order valence-electron chi connectivity index (χ2n) is 6.32. The van der Waals surface area contributed by atoms with Crippen LogP contribution in [0, 0.1) is 0 Å². The van der Waals surface area contributed by atoms with Gasteiger partial charge in [0.25, 0.3) is 5.91 Å². The predicted octanol–water partition coefficient (Wildman–Crippen LogP) is 2.24. The summed E-state index contributed by atoms with van der Waals surface area (Å²) in [6, 6.07) is 4.71. The molecule has 1 aromatic carbocycles. The van der Waals surface area contributed by atoms with E-state index in [1.54, 1.807) is 12.1 Å². The summed E-state index contributed by atoms with van der Waals surface area (Å²) in [6.07, 6.45) is 1.35. The van der Waals surface area contributed by atoms with E-state index in [9.17, 15) is 14.4 Å². The molecule has 1 unspecified atom stereocenters. The molecule has 0 aliphatic carbocycles. The van der Waals surface area contributed by atoms with Crippen LogP contribution < -0.4 is 15.8 Å². The second kappa shape index (κ2) is 13.7. The number of hydrogen-bond donors (Lipinski definition) is 2. The van der Waals surface area contributed by atoms with E-state index in [0.29, 0.717) is 50.6 Å². The monoisotopic (exact) mass is 421 g/mol. The van der Waals surface area contributed by atoms with Crippen LogP contribution in [-0.2, 0) is 20.9 Å². The first-order valence-electron chi connectivity index (χ1n) is 10.8. The molecule has 0 saturated carbocycles. The average molecular weight is 422 g/mol. The number of nitrogens with zero attached hydrogens (tertiary/aromatic N) is 1. The van der Waals surface area contributed by atoms with Crippen LogP contribution in [0.3, 0.4) is 0 Å². The molecule has 8 nitrogen and oxygen atoms in total. The molecule has 3 amide bonds. The minimum Gasteiger partial charge on any atom is -0.493 e. The van der Waals surface area contributed by atoms with Gasteiger partial charge in [0, 0.05) is 38.1 Å². The summed E-state index contributed by atoms with van der Waals surface area (Å²) in [4.78, 5) is 37.4. The molecule has 168 valence electrons. The molecule has 1 aromatic rings. The highest BCUT2D eigenvalue weighted by Crippen LogP contribution is 2.30. The van der Waals surface area contributed by atoms with Crippen LogP contribution in [0.25, 0.3) is 0 Å². The Morgan fingerprint density at radius 1 is 1.10 bits per heavy atom. The Labute approximate surface area is 179 Å². The highest BCUT2D eigenvalue weighted by molar-refractivity contribution is 6.05. The molecule has 3 rings (SSSR count). The molecule has 1 saturated heterocycles. The van der Waals surface area contributed by atoms with E-state index in [-0.39, 0.29) is 18.2 Å². The van der Waals surface area contributed by atoms with Crippen LogP contribution in [0.2, 0.25) is 0 Å². The molecule has 1 fully saturated rings. The van der Waals surface area contributed by atoms with Crippen LogP contribution in [0.1, 0.15) is 62.9 Å². The van der Waals surface area contributed by atoms with Crippen molar-refractivity contribution < 1.29 is 23.9 Å². The number of benzene rings is 1. The quantitative estimate of drug-likeness (QED) is 0.492. The normalized spacial score (nSPS) is 17.3. The fraction of sp³-hybridized carbons (Fsp3) is 0.591. The van der Waals surface area contributed by atoms with Crippen molar-refractivity contribution in [2.75, 3.05) is 26.4 Å². The van der Waals surface area contributed by atoms with Crippen LogP contribution in [0.4, 0.5) is 0 Å². The van der Waals surface area contributed by atoms with Crippen LogP contribution >= 0.6 is 0 Å². The summed E-state index contributed by atoms with van der Waals surface area (Å²) in [6.45, 7) is 10.5. The van der Waals surface area contributed by atoms with Crippen molar-refractivity contribution in [3.05, 3.63) is 29.3 Å². The fourth-order valence-corrected chi connectivity index (χ4v) is 3.18. The SMILES string of the molecule is CC.CC.NCCOCCCOc1ccc2c(c1)CN(C1CCC(=O)NC1=O)C2=O. The van der Waals surface area contributed by atoms with Crippen molar-refractivity contribution in [2.45, 2.75) is 59.5 Å². The van der Waals surface area contributed by atoms with Crippen LogP contribution in [-0.4, -0.2) is 55.0 Å². The Morgan fingerprint density at radius 2 is 1.83 bits per heavy atom. The Bertz CT molecular complexity index is 708. The number of fused-ring (bicyclic) bond motifs is 1. The largest absolute Gasteiger partial charge is 0.493 e. The summed E-state index contributed by atoms with van der Waals surface area (Å²) in [7, 11) is 0. The number of piperidine rings is 1. The van der Waals surface area contributed by atoms with E-state index in [2.05, 4.69) is 5.32 Å². The Morgan fingerprint density at radius 3 is 2.50 bits per heavy atom. The number of nitrogens with two attached hydrogens (primary N) is 1. The van der Waals surface area contributed by atoms with E-state index in [1.807, 2.05) is 33.8 Å². The maximum Gasteiger partial charge on any atom is 0.255 e. The number of carbonyl (C=O) groups excluding carboxylic acids is 3. The van der Waals surface area contributed by atoms with Crippen molar-refractivity contribution >= 4 is 17.7 Å². The second-order valence-corrected chi connectivity index (χ2v) is 6.32. The van der Waals surface area contributed by atoms with E-state index in [1.165, 1.54) is 4.90 Å². The molecule has 30 heavy (non-hydrogen) atoms. The Hall–Kier alpha value is -2.45. The van der Waals surface area contributed by atoms with Gasteiger partial charge in [-0.15, -0.1) is 0 Å². The first kappa shape index (κ1) is 25.6. The zero-order valence-corrected chi connectivity index (χ0v) is 18.5. The lowest BCUT2D eigenvalue weighted by Gasteiger charge is -2.29. The van der Waals surface area contributed by atoms with Gasteiger partial charge in [-0.3, -0.25) is 19.7 Å². The molecule has 2 aliphatic heterocycles. The zero-order chi connectivity index (χ0) is 22.5. The van der Waals surface area contributed by atoms with Gasteiger partial charge in [-0.1, -0.05) is 27.7 Å². The predicted molar refractivity (Wildman–Crippen MR) is 115 cm³/mol. The molecular formula is C22H35N3O5. The lowest BCUT2D eigenvalue weighted by molar-refractivity contribution is -0.136. The number of nitrogens with one attached hydrogen (secondary N) is 1. The Kier molecular flexibility index (Phi) is 11.7. The molecule has 0 radical (unpaired) electrons. The minimum absolute atomic E-state index is 0.184. The van der Waals surface area contributed by atoms with Crippen LogP contribution in [0.5, 0.6) is 5.75 Å². The number of amides is 3. The van der Waals surface area contributed by atoms with Crippen LogP contribution in [0.15, 0.2) is 18.2 Å². The van der Waals surface area contributed by atoms with Crippen molar-refractivity contribution in [1.29, 1.82) is 0 Å². The molecule has 0 aromatic heterocycles. The molecule has 3 N–H and O–H groups in total. The number of rotatable bonds is 8. The van der Waals surface area contributed by atoms with Gasteiger partial charge in [0.2, 0.25) is 11.8 Å². The van der Waals surface area contributed by atoms with Gasteiger partial charge in [0.15, 0.2) is 0 Å². The third-order valence-corrected chi connectivity index (χ3v) is 4.46. The standard InChI is InChI=1S/C18H23N3O5.2C2H6/c19-6-9-25-7-1-8-26-13-2-3-14-12(10-13)11-21(18(14)24)15-4-5-16(22)20-17(15)23;2*1-2/h2-3,10,15H,1,4-9,11,19H2,(H,20,22,23);2*1-2H3. The van der Waals surface area contributed by atoms with Gasteiger partial charge in [-0.2, -0.15) is 0 Å². The number of ether oxygens (including phenoxy) is 2. The molecule has 1 atom stereocenters. The van der Waals surface area contributed by atoms with Crippen molar-refractivity contribution in [3.63, 3.8) is 0 Å². The Balaban J connectivity index is 0.00000106. The number of imide groups is 1. The van der Waals surface area contributed by atoms with Gasteiger partial charge in [0.1, 0.15) is 11.8 Å². The van der Waals surface area contributed by atoms with E-state index in [4.69, 9.17) is 15.2 Å². The lowest BCUT2D eigenvalue weighted by atomic mass is 10.0. The van der Waals surface area contributed by atoms with E-state index in [0.717, 1.165) is 12.0 Å². The third kappa shape index (κ3) is 6.81. The van der Waals surface area contributed by atoms with Crippen molar-refractivity contribution in [2.24, 2.45) is 5.73 Å². The summed E-state index contributed by atoms with van der Waals surface area (Å²) in [5.41, 5.74) is 6.76. The smallest absolute Gasteiger partial charge is 0.255 e. The number of carbonyl (C=O) groups is 3. The van der Waals surface area contributed by atoms with Crippen molar-refractivity contribution in [3.8, 4) is 5.75 Å². The lowest BCUT2D eigenvalue weighted by Crippen LogP contribution is -2.52. The highest BCUT2D eigenvalue weighted by Gasteiger charge is 2.39. The van der Waals surface area contributed by atoms with Gasteiger partial charge in [0.05, 0.1) is 13.2 Å². The molecule has 2 heterocycles. The molecule has 2 aliphatic rings. The molecule has 0 spiro atoms. The maximum atomic E-state index is 12.6. The van der Waals surface area contributed by atoms with Gasteiger partial charge >= 0.3 is 0 Å². The third-order valence-electron chi connectivity index (χ3n) is 4.46. The van der Waals surface area contributed by atoms with E-state index < -0.39 is 11.9 Å². The minimum atomic E-state index is -0.600. The topological polar surface area (TPSA) is 111 Å². The average Bonchev–Trinajstić information content (AvgIpc) is 3.09. The first-order valence-corrected chi connectivity index (χ1v) is 10.8. The maximum absolute atomic E-state index is 12.6.